The van der Waals surface area contributed by atoms with Crippen molar-refractivity contribution < 1.29 is 9.47 Å². The summed E-state index contributed by atoms with van der Waals surface area (Å²) in [5, 5.41) is 2.95. The molecule has 5 nitrogen and oxygen atoms in total. The topological polar surface area (TPSA) is 56.3 Å². The third-order valence-electron chi connectivity index (χ3n) is 2.76. The van der Waals surface area contributed by atoms with Crippen LogP contribution in [0.25, 0.3) is 11.3 Å². The molecule has 1 aromatic carbocycles. The molecule has 0 unspecified atom stereocenters. The minimum atomic E-state index is 0.572. The Morgan fingerprint density at radius 2 is 1.68 bits per heavy atom. The number of hydrogen-bond donors (Lipinski definition) is 1. The molecule has 5 heteroatoms. The molecule has 2 rings (SSSR count). The molecule has 100 valence electrons. The molecule has 19 heavy (non-hydrogen) atoms. The fourth-order valence-electron chi connectivity index (χ4n) is 1.91. The number of nitrogens with one attached hydrogen (secondary N) is 1. The highest BCUT2D eigenvalue weighted by atomic mass is 16.5. The Bertz CT molecular complexity index is 563. The van der Waals surface area contributed by atoms with Crippen LogP contribution >= 0.6 is 0 Å². The maximum atomic E-state index is 5.39. The van der Waals surface area contributed by atoms with Crippen molar-refractivity contribution in [2.75, 3.05) is 26.6 Å². The minimum absolute atomic E-state index is 0.572. The zero-order valence-electron chi connectivity index (χ0n) is 11.5. The molecule has 0 aliphatic carbocycles. The van der Waals surface area contributed by atoms with Gasteiger partial charge in [-0.2, -0.15) is 0 Å². The molecule has 0 radical (unpaired) electrons. The van der Waals surface area contributed by atoms with E-state index in [0.717, 1.165) is 28.5 Å². The Morgan fingerprint density at radius 3 is 2.21 bits per heavy atom. The van der Waals surface area contributed by atoms with Gasteiger partial charge in [-0.1, -0.05) is 6.07 Å². The van der Waals surface area contributed by atoms with Crippen molar-refractivity contribution in [3.05, 3.63) is 30.0 Å². The quantitative estimate of drug-likeness (QED) is 0.914. The third kappa shape index (κ3) is 2.59. The van der Waals surface area contributed by atoms with Gasteiger partial charge in [0.25, 0.3) is 0 Å². The van der Waals surface area contributed by atoms with E-state index >= 15 is 0 Å². The lowest BCUT2D eigenvalue weighted by Gasteiger charge is -2.13. The van der Waals surface area contributed by atoms with Crippen LogP contribution in [0.3, 0.4) is 0 Å². The second-order valence-electron chi connectivity index (χ2n) is 4.01. The van der Waals surface area contributed by atoms with E-state index in [9.17, 15) is 0 Å². The first-order valence-corrected chi connectivity index (χ1v) is 5.94. The standard InChI is InChI=1S/C14H17N3O2/c1-9-8-10(17-14(15-2)16-9)13-11(18-3)6-5-7-12(13)19-4/h5-8H,1-4H3,(H,15,16,17). The van der Waals surface area contributed by atoms with Crippen molar-refractivity contribution in [1.82, 2.24) is 9.97 Å². The van der Waals surface area contributed by atoms with Gasteiger partial charge >= 0.3 is 0 Å². The lowest BCUT2D eigenvalue weighted by Crippen LogP contribution is -2.01. The number of nitrogens with zero attached hydrogens (tertiary/aromatic N) is 2. The van der Waals surface area contributed by atoms with E-state index in [1.54, 1.807) is 21.3 Å². The summed E-state index contributed by atoms with van der Waals surface area (Å²) in [6.45, 7) is 1.92. The molecule has 0 fully saturated rings. The first-order valence-electron chi connectivity index (χ1n) is 5.94. The van der Waals surface area contributed by atoms with Crippen molar-refractivity contribution in [1.29, 1.82) is 0 Å². The summed E-state index contributed by atoms with van der Waals surface area (Å²) in [4.78, 5) is 8.74. The molecule has 1 N–H and O–H groups in total. The maximum absolute atomic E-state index is 5.39. The van der Waals surface area contributed by atoms with E-state index in [0.29, 0.717) is 5.95 Å². The molecule has 1 heterocycles. The van der Waals surface area contributed by atoms with Crippen molar-refractivity contribution in [3.8, 4) is 22.8 Å². The normalized spacial score (nSPS) is 10.1. The Labute approximate surface area is 112 Å². The lowest BCUT2D eigenvalue weighted by atomic mass is 10.1. The van der Waals surface area contributed by atoms with Crippen LogP contribution in [0.4, 0.5) is 5.95 Å². The number of aromatic nitrogens is 2. The largest absolute Gasteiger partial charge is 0.496 e. The molecule has 0 saturated carbocycles. The molecule has 0 atom stereocenters. The minimum Gasteiger partial charge on any atom is -0.496 e. The number of methoxy groups -OCH3 is 2. The molecule has 2 aromatic rings. The Hall–Kier alpha value is -2.30. The Balaban J connectivity index is 2.66. The number of rotatable bonds is 4. The zero-order chi connectivity index (χ0) is 13.8. The van der Waals surface area contributed by atoms with Gasteiger partial charge in [-0.05, 0) is 25.1 Å². The van der Waals surface area contributed by atoms with Crippen LogP contribution in [-0.2, 0) is 0 Å². The first-order chi connectivity index (χ1) is 9.19. The molecular weight excluding hydrogens is 242 g/mol. The maximum Gasteiger partial charge on any atom is 0.223 e. The third-order valence-corrected chi connectivity index (χ3v) is 2.76. The van der Waals surface area contributed by atoms with Gasteiger partial charge in [-0.15, -0.1) is 0 Å². The zero-order valence-corrected chi connectivity index (χ0v) is 11.5. The highest BCUT2D eigenvalue weighted by Gasteiger charge is 2.15. The van der Waals surface area contributed by atoms with Crippen LogP contribution in [0.5, 0.6) is 11.5 Å². The van der Waals surface area contributed by atoms with Crippen LogP contribution in [-0.4, -0.2) is 31.2 Å². The van der Waals surface area contributed by atoms with Gasteiger partial charge in [0.1, 0.15) is 11.5 Å². The summed E-state index contributed by atoms with van der Waals surface area (Å²) in [6.07, 6.45) is 0. The number of anilines is 1. The summed E-state index contributed by atoms with van der Waals surface area (Å²) >= 11 is 0. The van der Waals surface area contributed by atoms with E-state index in [1.165, 1.54) is 0 Å². The monoisotopic (exact) mass is 259 g/mol. The van der Waals surface area contributed by atoms with Crippen molar-refractivity contribution in [2.45, 2.75) is 6.92 Å². The van der Waals surface area contributed by atoms with Crippen molar-refractivity contribution in [3.63, 3.8) is 0 Å². The van der Waals surface area contributed by atoms with Crippen LogP contribution in [0.15, 0.2) is 24.3 Å². The highest BCUT2D eigenvalue weighted by molar-refractivity contribution is 5.75. The van der Waals surface area contributed by atoms with Gasteiger partial charge in [0.2, 0.25) is 5.95 Å². The van der Waals surface area contributed by atoms with Gasteiger partial charge in [0.15, 0.2) is 0 Å². The van der Waals surface area contributed by atoms with Crippen LogP contribution in [0.1, 0.15) is 5.69 Å². The molecule has 0 amide bonds. The van der Waals surface area contributed by atoms with Gasteiger partial charge < -0.3 is 14.8 Å². The molecule has 0 bridgehead atoms. The fourth-order valence-corrected chi connectivity index (χ4v) is 1.91. The first kappa shape index (κ1) is 13.1. The van der Waals surface area contributed by atoms with Crippen LogP contribution in [0.2, 0.25) is 0 Å². The SMILES string of the molecule is CNc1nc(C)cc(-c2c(OC)cccc2OC)n1. The number of hydrogen-bond acceptors (Lipinski definition) is 5. The van der Waals surface area contributed by atoms with Crippen molar-refractivity contribution >= 4 is 5.95 Å². The van der Waals surface area contributed by atoms with E-state index in [-0.39, 0.29) is 0 Å². The van der Waals surface area contributed by atoms with Gasteiger partial charge in [-0.3, -0.25) is 0 Å². The van der Waals surface area contributed by atoms with E-state index in [4.69, 9.17) is 9.47 Å². The predicted octanol–water partition coefficient (Wildman–Crippen LogP) is 2.51. The molecular formula is C14H17N3O2. The number of aryl methyl sites for hydroxylation is 1. The Morgan fingerprint density at radius 1 is 1.05 bits per heavy atom. The summed E-state index contributed by atoms with van der Waals surface area (Å²) in [5.41, 5.74) is 2.47. The van der Waals surface area contributed by atoms with Crippen LogP contribution < -0.4 is 14.8 Å². The van der Waals surface area contributed by atoms with E-state index in [2.05, 4.69) is 15.3 Å². The average molecular weight is 259 g/mol. The Kier molecular flexibility index (Phi) is 3.85. The van der Waals surface area contributed by atoms with E-state index < -0.39 is 0 Å². The predicted molar refractivity (Wildman–Crippen MR) is 74.9 cm³/mol. The molecule has 0 aliphatic rings. The summed E-state index contributed by atoms with van der Waals surface area (Å²) in [7, 11) is 5.05. The van der Waals surface area contributed by atoms with Gasteiger partial charge in [0.05, 0.1) is 25.5 Å². The molecule has 0 aliphatic heterocycles. The molecule has 1 aromatic heterocycles. The molecule has 0 spiro atoms. The summed E-state index contributed by atoms with van der Waals surface area (Å²) < 4.78 is 10.8. The van der Waals surface area contributed by atoms with Gasteiger partial charge in [0, 0.05) is 12.7 Å². The second-order valence-corrected chi connectivity index (χ2v) is 4.01. The lowest BCUT2D eigenvalue weighted by molar-refractivity contribution is 0.397. The summed E-state index contributed by atoms with van der Waals surface area (Å²) in [5.74, 6) is 2.02. The number of ether oxygens (including phenoxy) is 2. The highest BCUT2D eigenvalue weighted by Crippen LogP contribution is 2.37. The van der Waals surface area contributed by atoms with Crippen molar-refractivity contribution in [2.24, 2.45) is 0 Å². The van der Waals surface area contributed by atoms with E-state index in [1.807, 2.05) is 31.2 Å². The van der Waals surface area contributed by atoms with Gasteiger partial charge in [-0.25, -0.2) is 9.97 Å². The van der Waals surface area contributed by atoms with Crippen LogP contribution in [0, 0.1) is 6.92 Å². The fraction of sp³-hybridized carbons (Fsp3) is 0.286. The number of benzene rings is 1. The second kappa shape index (κ2) is 5.56. The molecule has 0 saturated heterocycles. The smallest absolute Gasteiger partial charge is 0.223 e. The summed E-state index contributed by atoms with van der Waals surface area (Å²) in [6, 6.07) is 7.55. The average Bonchev–Trinajstić information content (AvgIpc) is 2.45.